The normalized spacial score (nSPS) is 40.3. The molecule has 0 aliphatic carbocycles. The van der Waals surface area contributed by atoms with Gasteiger partial charge in [0, 0.05) is 20.6 Å². The quantitative estimate of drug-likeness (QED) is 0.611. The number of esters is 1. The molecule has 1 unspecified atom stereocenters. The fourth-order valence-corrected chi connectivity index (χ4v) is 3.14. The zero-order valence-corrected chi connectivity index (χ0v) is 14.7. The topological polar surface area (TPSA) is 119 Å². The lowest BCUT2D eigenvalue weighted by molar-refractivity contribution is -0.305. The molecule has 0 bridgehead atoms. The number of hydrogen-bond acceptors (Lipinski definition) is 9. The van der Waals surface area contributed by atoms with Crippen molar-refractivity contribution in [3.63, 3.8) is 0 Å². The maximum atomic E-state index is 12.1. The van der Waals surface area contributed by atoms with Crippen molar-refractivity contribution in [2.24, 2.45) is 5.73 Å². The molecule has 2 rings (SSSR count). The number of ether oxygens (including phenoxy) is 6. The van der Waals surface area contributed by atoms with Gasteiger partial charge in [-0.2, -0.15) is 0 Å². The number of hydrogen-bond donors (Lipinski definition) is 2. The van der Waals surface area contributed by atoms with E-state index >= 15 is 0 Å². The summed E-state index contributed by atoms with van der Waals surface area (Å²) in [6.07, 6.45) is -3.19. The second kappa shape index (κ2) is 7.20. The van der Waals surface area contributed by atoms with Gasteiger partial charge in [0.05, 0.1) is 25.9 Å². The minimum Gasteiger partial charge on any atom is -0.465 e. The first kappa shape index (κ1) is 19.5. The fourth-order valence-electron chi connectivity index (χ4n) is 3.14. The zero-order valence-electron chi connectivity index (χ0n) is 14.7. The lowest BCUT2D eigenvalue weighted by Gasteiger charge is -2.46. The number of methoxy groups -OCH3 is 3. The molecule has 6 atom stereocenters. The minimum atomic E-state index is -1.75. The van der Waals surface area contributed by atoms with Gasteiger partial charge in [0.25, 0.3) is 5.79 Å². The van der Waals surface area contributed by atoms with E-state index in [4.69, 9.17) is 34.2 Å². The van der Waals surface area contributed by atoms with Gasteiger partial charge in [-0.3, -0.25) is 0 Å². The maximum Gasteiger partial charge on any atom is 0.366 e. The van der Waals surface area contributed by atoms with Crippen LogP contribution < -0.4 is 5.73 Å². The molecule has 9 nitrogen and oxygen atoms in total. The standard InChI is InChI=1S/C15H27NO8/c1-14(2)22-7-9(23-14)11(19-3)12-10(16)8(17)6-15(21-5,24-12)13(18)20-4/h8-12,17H,6-7,16H2,1-5H3/t8-,9+,10+,11+,12+,15?/m0/s1. The lowest BCUT2D eigenvalue weighted by atomic mass is 9.89. The van der Waals surface area contributed by atoms with E-state index in [-0.39, 0.29) is 13.0 Å². The molecule has 2 aliphatic rings. The van der Waals surface area contributed by atoms with Crippen molar-refractivity contribution in [3.05, 3.63) is 0 Å². The Kier molecular flexibility index (Phi) is 5.86. The Bertz CT molecular complexity index is 459. The molecule has 0 aromatic rings. The van der Waals surface area contributed by atoms with Crippen LogP contribution in [0.4, 0.5) is 0 Å². The highest BCUT2D eigenvalue weighted by Crippen LogP contribution is 2.35. The average Bonchev–Trinajstić information content (AvgIpc) is 2.90. The summed E-state index contributed by atoms with van der Waals surface area (Å²) in [5.74, 6) is -3.26. The van der Waals surface area contributed by atoms with Crippen LogP contribution >= 0.6 is 0 Å². The van der Waals surface area contributed by atoms with Gasteiger partial charge >= 0.3 is 5.97 Å². The van der Waals surface area contributed by atoms with Gasteiger partial charge in [-0.25, -0.2) is 4.79 Å². The number of nitrogens with two attached hydrogens (primary N) is 1. The van der Waals surface area contributed by atoms with E-state index < -0.39 is 48.0 Å². The van der Waals surface area contributed by atoms with Crippen molar-refractivity contribution >= 4 is 5.97 Å². The van der Waals surface area contributed by atoms with Crippen LogP contribution in [0.1, 0.15) is 20.3 Å². The Morgan fingerprint density at radius 2 is 1.96 bits per heavy atom. The Morgan fingerprint density at radius 3 is 2.42 bits per heavy atom. The molecule has 0 spiro atoms. The van der Waals surface area contributed by atoms with E-state index in [0.717, 1.165) is 0 Å². The van der Waals surface area contributed by atoms with Gasteiger partial charge in [-0.1, -0.05) is 0 Å². The van der Waals surface area contributed by atoms with Crippen molar-refractivity contribution in [1.82, 2.24) is 0 Å². The monoisotopic (exact) mass is 349 g/mol. The number of aliphatic hydroxyl groups excluding tert-OH is 1. The first-order chi connectivity index (χ1) is 11.2. The molecular weight excluding hydrogens is 322 g/mol. The smallest absolute Gasteiger partial charge is 0.366 e. The predicted octanol–water partition coefficient (Wildman–Crippen LogP) is -0.854. The summed E-state index contributed by atoms with van der Waals surface area (Å²) in [4.78, 5) is 12.1. The van der Waals surface area contributed by atoms with E-state index in [2.05, 4.69) is 0 Å². The van der Waals surface area contributed by atoms with Crippen molar-refractivity contribution < 1.29 is 38.3 Å². The molecule has 2 saturated heterocycles. The van der Waals surface area contributed by atoms with Crippen LogP contribution in [0.15, 0.2) is 0 Å². The molecular formula is C15H27NO8. The van der Waals surface area contributed by atoms with Gasteiger partial charge in [0.15, 0.2) is 5.79 Å². The summed E-state index contributed by atoms with van der Waals surface area (Å²) >= 11 is 0. The molecule has 2 heterocycles. The third-order valence-electron chi connectivity index (χ3n) is 4.45. The summed E-state index contributed by atoms with van der Waals surface area (Å²) in [5.41, 5.74) is 6.09. The van der Waals surface area contributed by atoms with Gasteiger partial charge < -0.3 is 39.3 Å². The summed E-state index contributed by atoms with van der Waals surface area (Å²) in [7, 11) is 3.99. The molecule has 140 valence electrons. The highest BCUT2D eigenvalue weighted by atomic mass is 16.8. The molecule has 0 radical (unpaired) electrons. The highest BCUT2D eigenvalue weighted by Gasteiger charge is 2.56. The first-order valence-corrected chi connectivity index (χ1v) is 7.79. The molecule has 0 aromatic heterocycles. The zero-order chi connectivity index (χ0) is 18.1. The van der Waals surface area contributed by atoms with Crippen LogP contribution in [-0.4, -0.2) is 81.0 Å². The Hall–Kier alpha value is -0.810. The number of carbonyl (C=O) groups excluding carboxylic acids is 1. The van der Waals surface area contributed by atoms with Gasteiger partial charge in [-0.15, -0.1) is 0 Å². The Labute approximate surface area is 141 Å². The Morgan fingerprint density at radius 1 is 1.29 bits per heavy atom. The minimum absolute atomic E-state index is 0.141. The van der Waals surface area contributed by atoms with Crippen molar-refractivity contribution in [2.45, 2.75) is 62.3 Å². The third kappa shape index (κ3) is 3.57. The second-order valence-corrected chi connectivity index (χ2v) is 6.45. The van der Waals surface area contributed by atoms with Gasteiger partial charge in [0.2, 0.25) is 0 Å². The van der Waals surface area contributed by atoms with Crippen LogP contribution in [-0.2, 0) is 33.2 Å². The largest absolute Gasteiger partial charge is 0.465 e. The number of aliphatic hydroxyl groups is 1. The fraction of sp³-hybridized carbons (Fsp3) is 0.933. The van der Waals surface area contributed by atoms with Gasteiger partial charge in [0.1, 0.15) is 18.3 Å². The SMILES string of the molecule is COC(=O)C1(OC)C[C@H](O)[C@@H](N)[C@H]([C@H](OC)[C@H]2COC(C)(C)O2)O1. The van der Waals surface area contributed by atoms with E-state index in [1.165, 1.54) is 21.3 Å². The van der Waals surface area contributed by atoms with E-state index in [1.54, 1.807) is 13.8 Å². The lowest BCUT2D eigenvalue weighted by Crippen LogP contribution is -2.66. The van der Waals surface area contributed by atoms with Gasteiger partial charge in [-0.05, 0) is 13.8 Å². The van der Waals surface area contributed by atoms with Crippen LogP contribution in [0.2, 0.25) is 0 Å². The van der Waals surface area contributed by atoms with Crippen LogP contribution in [0, 0.1) is 0 Å². The molecule has 24 heavy (non-hydrogen) atoms. The van der Waals surface area contributed by atoms with E-state index in [9.17, 15) is 9.90 Å². The molecule has 9 heteroatoms. The second-order valence-electron chi connectivity index (χ2n) is 6.45. The van der Waals surface area contributed by atoms with Crippen LogP contribution in [0.3, 0.4) is 0 Å². The molecule has 2 aliphatic heterocycles. The molecule has 0 saturated carbocycles. The summed E-state index contributed by atoms with van der Waals surface area (Å²) in [6.45, 7) is 3.83. The van der Waals surface area contributed by atoms with Crippen molar-refractivity contribution in [3.8, 4) is 0 Å². The Balaban J connectivity index is 2.26. The summed E-state index contributed by atoms with van der Waals surface area (Å²) in [6, 6.07) is -0.796. The predicted molar refractivity (Wildman–Crippen MR) is 80.9 cm³/mol. The molecule has 2 fully saturated rings. The van der Waals surface area contributed by atoms with E-state index in [0.29, 0.717) is 0 Å². The van der Waals surface area contributed by atoms with Crippen LogP contribution in [0.5, 0.6) is 0 Å². The molecule has 3 N–H and O–H groups in total. The molecule has 0 amide bonds. The first-order valence-electron chi connectivity index (χ1n) is 7.79. The average molecular weight is 349 g/mol. The highest BCUT2D eigenvalue weighted by molar-refractivity contribution is 5.78. The van der Waals surface area contributed by atoms with Crippen molar-refractivity contribution in [2.75, 3.05) is 27.9 Å². The number of rotatable bonds is 5. The summed E-state index contributed by atoms with van der Waals surface area (Å²) in [5, 5.41) is 10.3. The summed E-state index contributed by atoms with van der Waals surface area (Å²) < 4.78 is 32.7. The van der Waals surface area contributed by atoms with Crippen molar-refractivity contribution in [1.29, 1.82) is 0 Å². The van der Waals surface area contributed by atoms with E-state index in [1.807, 2.05) is 0 Å². The maximum absolute atomic E-state index is 12.1. The third-order valence-corrected chi connectivity index (χ3v) is 4.45. The number of carbonyl (C=O) groups is 1. The van der Waals surface area contributed by atoms with Crippen LogP contribution in [0.25, 0.3) is 0 Å². The molecule has 0 aromatic carbocycles.